The maximum Gasteiger partial charge on any atom is 0.338 e. The quantitative estimate of drug-likeness (QED) is 0.830. The largest absolute Gasteiger partial charge is 0.477 e. The zero-order valence-corrected chi connectivity index (χ0v) is 15.1. The van der Waals surface area contributed by atoms with Gasteiger partial charge in [0.05, 0.1) is 17.8 Å². The Balaban J connectivity index is 1.74. The van der Waals surface area contributed by atoms with Crippen molar-refractivity contribution in [3.8, 4) is 5.75 Å². The highest BCUT2D eigenvalue weighted by Crippen LogP contribution is 2.33. The number of amides is 2. The first-order chi connectivity index (χ1) is 13.0. The van der Waals surface area contributed by atoms with Gasteiger partial charge < -0.3 is 19.7 Å². The monoisotopic (exact) mass is 368 g/mol. The number of rotatable bonds is 4. The summed E-state index contributed by atoms with van der Waals surface area (Å²) in [6.07, 6.45) is -0.832. The number of nitrogens with zero attached hydrogens (tertiary/aromatic N) is 1. The van der Waals surface area contributed by atoms with Crippen molar-refractivity contribution in [2.24, 2.45) is 0 Å². The fourth-order valence-corrected chi connectivity index (χ4v) is 2.85. The molecule has 0 unspecified atom stereocenters. The summed E-state index contributed by atoms with van der Waals surface area (Å²) >= 11 is 0. The Morgan fingerprint density at radius 3 is 2.59 bits per heavy atom. The van der Waals surface area contributed by atoms with Crippen molar-refractivity contribution in [2.75, 3.05) is 25.1 Å². The molecule has 2 amide bonds. The number of hydrogen-bond donors (Lipinski definition) is 1. The minimum absolute atomic E-state index is 0.0391. The van der Waals surface area contributed by atoms with Crippen LogP contribution in [-0.4, -0.2) is 44.1 Å². The summed E-state index contributed by atoms with van der Waals surface area (Å²) in [6.45, 7) is 1.41. The number of ether oxygens (including phenoxy) is 2. The van der Waals surface area contributed by atoms with E-state index in [-0.39, 0.29) is 12.5 Å². The summed E-state index contributed by atoms with van der Waals surface area (Å²) in [6, 6.07) is 13.9. The van der Waals surface area contributed by atoms with E-state index in [4.69, 9.17) is 9.47 Å². The Bertz CT molecular complexity index is 880. The third kappa shape index (κ3) is 3.92. The minimum Gasteiger partial charge on any atom is -0.477 e. The smallest absolute Gasteiger partial charge is 0.338 e. The van der Waals surface area contributed by atoms with Crippen LogP contribution in [0.1, 0.15) is 15.9 Å². The summed E-state index contributed by atoms with van der Waals surface area (Å²) < 4.78 is 10.9. The van der Waals surface area contributed by atoms with Gasteiger partial charge in [0.1, 0.15) is 5.75 Å². The van der Waals surface area contributed by atoms with E-state index in [0.717, 1.165) is 5.56 Å². The molecular formula is C20H20N2O5. The first-order valence-electron chi connectivity index (χ1n) is 8.51. The summed E-state index contributed by atoms with van der Waals surface area (Å²) in [5, 5.41) is 2.52. The molecule has 1 atom stereocenters. The van der Waals surface area contributed by atoms with Gasteiger partial charge in [-0.15, -0.1) is 0 Å². The van der Waals surface area contributed by atoms with E-state index in [9.17, 15) is 14.4 Å². The molecule has 1 aliphatic heterocycles. The first kappa shape index (κ1) is 18.4. The van der Waals surface area contributed by atoms with Crippen molar-refractivity contribution >= 4 is 23.5 Å². The maximum atomic E-state index is 12.7. The van der Waals surface area contributed by atoms with Crippen molar-refractivity contribution in [1.82, 2.24) is 5.32 Å². The molecule has 0 aromatic heterocycles. The van der Waals surface area contributed by atoms with Crippen LogP contribution in [0.2, 0.25) is 0 Å². The van der Waals surface area contributed by atoms with Crippen LogP contribution in [-0.2, 0) is 14.3 Å². The first-order valence-corrected chi connectivity index (χ1v) is 8.51. The summed E-state index contributed by atoms with van der Waals surface area (Å²) in [5.41, 5.74) is 1.72. The average molecular weight is 368 g/mol. The molecule has 1 aliphatic rings. The SMILES string of the molecule is CNC(=O)[C@@H]1CN(C(=O)COC(=O)c2ccccc2C)c2ccccc2O1. The van der Waals surface area contributed by atoms with Gasteiger partial charge in [0, 0.05) is 7.05 Å². The van der Waals surface area contributed by atoms with E-state index in [2.05, 4.69) is 5.32 Å². The lowest BCUT2D eigenvalue weighted by atomic mass is 10.1. The van der Waals surface area contributed by atoms with E-state index in [1.807, 2.05) is 6.07 Å². The molecule has 27 heavy (non-hydrogen) atoms. The second-order valence-corrected chi connectivity index (χ2v) is 6.08. The van der Waals surface area contributed by atoms with E-state index in [1.165, 1.54) is 11.9 Å². The lowest BCUT2D eigenvalue weighted by Gasteiger charge is -2.33. The molecule has 7 nitrogen and oxygen atoms in total. The van der Waals surface area contributed by atoms with E-state index >= 15 is 0 Å². The molecule has 3 rings (SSSR count). The normalized spacial score (nSPS) is 15.3. The molecule has 0 bridgehead atoms. The lowest BCUT2D eigenvalue weighted by molar-refractivity contribution is -0.128. The third-order valence-corrected chi connectivity index (χ3v) is 4.31. The van der Waals surface area contributed by atoms with Crippen molar-refractivity contribution < 1.29 is 23.9 Å². The number of para-hydroxylation sites is 2. The maximum absolute atomic E-state index is 12.7. The van der Waals surface area contributed by atoms with Crippen molar-refractivity contribution in [1.29, 1.82) is 0 Å². The van der Waals surface area contributed by atoms with Gasteiger partial charge in [-0.3, -0.25) is 9.59 Å². The van der Waals surface area contributed by atoms with Crippen LogP contribution in [0.5, 0.6) is 5.75 Å². The molecule has 1 heterocycles. The molecule has 140 valence electrons. The van der Waals surface area contributed by atoms with E-state index in [1.54, 1.807) is 49.4 Å². The molecule has 0 radical (unpaired) electrons. The molecule has 2 aromatic carbocycles. The highest BCUT2D eigenvalue weighted by Gasteiger charge is 2.33. The van der Waals surface area contributed by atoms with Gasteiger partial charge >= 0.3 is 5.97 Å². The fraction of sp³-hybridized carbons (Fsp3) is 0.250. The zero-order valence-electron chi connectivity index (χ0n) is 15.1. The molecular weight excluding hydrogens is 348 g/mol. The Morgan fingerprint density at radius 1 is 1.15 bits per heavy atom. The average Bonchev–Trinajstić information content (AvgIpc) is 2.70. The lowest BCUT2D eigenvalue weighted by Crippen LogP contribution is -2.51. The molecule has 1 N–H and O–H groups in total. The number of aryl methyl sites for hydroxylation is 1. The van der Waals surface area contributed by atoms with Gasteiger partial charge in [0.15, 0.2) is 12.7 Å². The Hall–Kier alpha value is -3.35. The molecule has 2 aromatic rings. The third-order valence-electron chi connectivity index (χ3n) is 4.31. The highest BCUT2D eigenvalue weighted by atomic mass is 16.5. The predicted octanol–water partition coefficient (Wildman–Crippen LogP) is 1.69. The van der Waals surface area contributed by atoms with Gasteiger partial charge in [-0.1, -0.05) is 30.3 Å². The van der Waals surface area contributed by atoms with Crippen molar-refractivity contribution in [3.63, 3.8) is 0 Å². The molecule has 0 fully saturated rings. The van der Waals surface area contributed by atoms with Crippen LogP contribution < -0.4 is 15.0 Å². The second-order valence-electron chi connectivity index (χ2n) is 6.08. The van der Waals surface area contributed by atoms with Gasteiger partial charge in [-0.25, -0.2) is 4.79 Å². The molecule has 7 heteroatoms. The number of carbonyl (C=O) groups excluding carboxylic acids is 3. The number of benzene rings is 2. The fourth-order valence-electron chi connectivity index (χ4n) is 2.85. The summed E-state index contributed by atoms with van der Waals surface area (Å²) in [5.74, 6) is -0.900. The van der Waals surface area contributed by atoms with Crippen molar-refractivity contribution in [2.45, 2.75) is 13.0 Å². The Labute approximate surface area is 156 Å². The number of fused-ring (bicyclic) bond motifs is 1. The van der Waals surface area contributed by atoms with Crippen LogP contribution in [0.25, 0.3) is 0 Å². The predicted molar refractivity (Wildman–Crippen MR) is 98.7 cm³/mol. The van der Waals surface area contributed by atoms with Gasteiger partial charge in [0.25, 0.3) is 11.8 Å². The number of esters is 1. The Morgan fingerprint density at radius 2 is 1.85 bits per heavy atom. The minimum atomic E-state index is -0.832. The van der Waals surface area contributed by atoms with Gasteiger partial charge in [0.2, 0.25) is 0 Å². The van der Waals surface area contributed by atoms with Crippen LogP contribution >= 0.6 is 0 Å². The van der Waals surface area contributed by atoms with Crippen molar-refractivity contribution in [3.05, 3.63) is 59.7 Å². The van der Waals surface area contributed by atoms with Crippen LogP contribution in [0.4, 0.5) is 5.69 Å². The van der Waals surface area contributed by atoms with E-state index in [0.29, 0.717) is 17.0 Å². The van der Waals surface area contributed by atoms with Crippen LogP contribution in [0.15, 0.2) is 48.5 Å². The second kappa shape index (κ2) is 7.90. The van der Waals surface area contributed by atoms with E-state index < -0.39 is 24.6 Å². The number of hydrogen-bond acceptors (Lipinski definition) is 5. The topological polar surface area (TPSA) is 84.9 Å². The molecule has 0 spiro atoms. The number of anilines is 1. The van der Waals surface area contributed by atoms with Crippen LogP contribution in [0.3, 0.4) is 0 Å². The van der Waals surface area contributed by atoms with Crippen LogP contribution in [0, 0.1) is 6.92 Å². The standard InChI is InChI=1S/C20H20N2O5/c1-13-7-3-4-8-14(13)20(25)26-12-18(23)22-11-17(19(24)21-2)27-16-10-6-5-9-15(16)22/h3-10,17H,11-12H2,1-2H3,(H,21,24)/t17-/m0/s1. The molecule has 0 saturated carbocycles. The van der Waals surface area contributed by atoms with Gasteiger partial charge in [-0.2, -0.15) is 0 Å². The summed E-state index contributed by atoms with van der Waals surface area (Å²) in [7, 11) is 1.50. The number of nitrogens with one attached hydrogen (secondary N) is 1. The number of likely N-dealkylation sites (N-methyl/N-ethyl adjacent to an activating group) is 1. The summed E-state index contributed by atoms with van der Waals surface area (Å²) in [4.78, 5) is 38.3. The number of carbonyl (C=O) groups is 3. The molecule has 0 saturated heterocycles. The molecule has 0 aliphatic carbocycles. The zero-order chi connectivity index (χ0) is 19.4. The highest BCUT2D eigenvalue weighted by molar-refractivity contribution is 6.00. The Kier molecular flexibility index (Phi) is 5.40. The van der Waals surface area contributed by atoms with Gasteiger partial charge in [-0.05, 0) is 30.7 Å².